The Morgan fingerprint density at radius 1 is 1.47 bits per heavy atom. The van der Waals surface area contributed by atoms with Gasteiger partial charge in [0.05, 0.1) is 4.47 Å². The zero-order valence-corrected chi connectivity index (χ0v) is 11.1. The van der Waals surface area contributed by atoms with Crippen molar-refractivity contribution in [1.29, 1.82) is 0 Å². The maximum atomic E-state index is 13.0. The van der Waals surface area contributed by atoms with Crippen molar-refractivity contribution in [3.05, 3.63) is 34.1 Å². The predicted octanol–water partition coefficient (Wildman–Crippen LogP) is 2.07. The second-order valence-corrected chi connectivity index (χ2v) is 4.79. The molecule has 92 valence electrons. The molecule has 3 nitrogen and oxygen atoms in total. The highest BCUT2D eigenvalue weighted by Gasteiger charge is 2.03. The lowest BCUT2D eigenvalue weighted by atomic mass is 10.1. The first-order valence-electron chi connectivity index (χ1n) is 5.72. The molecular formula is C12H15BrFN3. The van der Waals surface area contributed by atoms with Gasteiger partial charge in [-0.3, -0.25) is 4.99 Å². The highest BCUT2D eigenvalue weighted by molar-refractivity contribution is 9.10. The van der Waals surface area contributed by atoms with Crippen molar-refractivity contribution in [2.45, 2.75) is 12.8 Å². The quantitative estimate of drug-likeness (QED) is 0.896. The van der Waals surface area contributed by atoms with Crippen LogP contribution in [-0.4, -0.2) is 25.6 Å². The van der Waals surface area contributed by atoms with Crippen LogP contribution in [-0.2, 0) is 6.42 Å². The molecule has 2 N–H and O–H groups in total. The summed E-state index contributed by atoms with van der Waals surface area (Å²) in [6.07, 6.45) is 1.94. The maximum Gasteiger partial charge on any atom is 0.191 e. The number of guanidine groups is 1. The van der Waals surface area contributed by atoms with Gasteiger partial charge in [-0.15, -0.1) is 0 Å². The van der Waals surface area contributed by atoms with Crippen LogP contribution in [0, 0.1) is 5.82 Å². The molecule has 0 fully saturated rings. The normalized spacial score (nSPS) is 15.1. The first kappa shape index (κ1) is 12.4. The van der Waals surface area contributed by atoms with E-state index in [4.69, 9.17) is 0 Å². The van der Waals surface area contributed by atoms with Crippen molar-refractivity contribution >= 4 is 21.9 Å². The summed E-state index contributed by atoms with van der Waals surface area (Å²) in [5, 5.41) is 6.43. The van der Waals surface area contributed by atoms with Gasteiger partial charge in [0, 0.05) is 19.6 Å². The Hall–Kier alpha value is -1.10. The highest BCUT2D eigenvalue weighted by Crippen LogP contribution is 2.16. The van der Waals surface area contributed by atoms with Crippen molar-refractivity contribution in [1.82, 2.24) is 10.6 Å². The number of rotatable bonds is 3. The van der Waals surface area contributed by atoms with Gasteiger partial charge in [-0.25, -0.2) is 4.39 Å². The maximum absolute atomic E-state index is 13.0. The van der Waals surface area contributed by atoms with E-state index in [9.17, 15) is 4.39 Å². The first-order valence-corrected chi connectivity index (χ1v) is 6.51. The highest BCUT2D eigenvalue weighted by atomic mass is 79.9. The third kappa shape index (κ3) is 3.70. The SMILES string of the molecule is Fc1ccc(CCNC2=NCCCN2)cc1Br. The Morgan fingerprint density at radius 2 is 2.35 bits per heavy atom. The molecular weight excluding hydrogens is 285 g/mol. The van der Waals surface area contributed by atoms with Gasteiger partial charge in [-0.2, -0.15) is 0 Å². The Labute approximate surface area is 109 Å². The Bertz CT molecular complexity index is 420. The monoisotopic (exact) mass is 299 g/mol. The molecule has 0 amide bonds. The van der Waals surface area contributed by atoms with E-state index in [1.165, 1.54) is 6.07 Å². The fraction of sp³-hybridized carbons (Fsp3) is 0.417. The minimum atomic E-state index is -0.222. The van der Waals surface area contributed by atoms with Gasteiger partial charge < -0.3 is 10.6 Å². The zero-order chi connectivity index (χ0) is 12.1. The topological polar surface area (TPSA) is 36.4 Å². The molecule has 0 atom stereocenters. The van der Waals surface area contributed by atoms with E-state index in [2.05, 4.69) is 31.6 Å². The van der Waals surface area contributed by atoms with Gasteiger partial charge >= 0.3 is 0 Å². The fourth-order valence-corrected chi connectivity index (χ4v) is 2.10. The van der Waals surface area contributed by atoms with Crippen LogP contribution in [0.5, 0.6) is 0 Å². The van der Waals surface area contributed by atoms with Gasteiger partial charge in [0.25, 0.3) is 0 Å². The van der Waals surface area contributed by atoms with Crippen LogP contribution in [0.25, 0.3) is 0 Å². The fourth-order valence-electron chi connectivity index (χ4n) is 1.67. The van der Waals surface area contributed by atoms with Crippen molar-refractivity contribution in [3.63, 3.8) is 0 Å². The van der Waals surface area contributed by atoms with E-state index >= 15 is 0 Å². The van der Waals surface area contributed by atoms with Gasteiger partial charge in [0.15, 0.2) is 5.96 Å². The van der Waals surface area contributed by atoms with E-state index in [0.717, 1.165) is 44.0 Å². The second kappa shape index (κ2) is 6.00. The molecule has 0 radical (unpaired) electrons. The van der Waals surface area contributed by atoms with Crippen LogP contribution < -0.4 is 10.6 Å². The summed E-state index contributed by atoms with van der Waals surface area (Å²) in [5.74, 6) is 0.650. The second-order valence-electron chi connectivity index (χ2n) is 3.94. The Kier molecular flexibility index (Phi) is 4.36. The van der Waals surface area contributed by atoms with Crippen LogP contribution >= 0.6 is 15.9 Å². The summed E-state index contributed by atoms with van der Waals surface area (Å²) in [4.78, 5) is 4.32. The largest absolute Gasteiger partial charge is 0.356 e. The van der Waals surface area contributed by atoms with Crippen LogP contribution in [0.2, 0.25) is 0 Å². The smallest absolute Gasteiger partial charge is 0.191 e. The number of hydrogen-bond donors (Lipinski definition) is 2. The summed E-state index contributed by atoms with van der Waals surface area (Å²) >= 11 is 3.18. The van der Waals surface area contributed by atoms with E-state index in [1.807, 2.05) is 6.07 Å². The third-order valence-corrected chi connectivity index (χ3v) is 3.20. The lowest BCUT2D eigenvalue weighted by Gasteiger charge is -2.15. The molecule has 0 bridgehead atoms. The molecule has 1 aromatic carbocycles. The number of halogens is 2. The molecule has 0 unspecified atom stereocenters. The van der Waals surface area contributed by atoms with Crippen molar-refractivity contribution in [2.24, 2.45) is 4.99 Å². The van der Waals surface area contributed by atoms with E-state index < -0.39 is 0 Å². The van der Waals surface area contributed by atoms with Gasteiger partial charge in [0.2, 0.25) is 0 Å². The number of nitrogens with zero attached hydrogens (tertiary/aromatic N) is 1. The van der Waals surface area contributed by atoms with Crippen molar-refractivity contribution < 1.29 is 4.39 Å². The van der Waals surface area contributed by atoms with Crippen molar-refractivity contribution in [3.8, 4) is 0 Å². The molecule has 1 aliphatic heterocycles. The summed E-state index contributed by atoms with van der Waals surface area (Å²) in [7, 11) is 0. The molecule has 17 heavy (non-hydrogen) atoms. The van der Waals surface area contributed by atoms with Crippen LogP contribution in [0.4, 0.5) is 4.39 Å². The number of aliphatic imine (C=N–C) groups is 1. The van der Waals surface area contributed by atoms with Crippen molar-refractivity contribution in [2.75, 3.05) is 19.6 Å². The minimum absolute atomic E-state index is 0.222. The lowest BCUT2D eigenvalue weighted by molar-refractivity contribution is 0.620. The lowest BCUT2D eigenvalue weighted by Crippen LogP contribution is -2.41. The first-order chi connectivity index (χ1) is 8.25. The molecule has 0 aromatic heterocycles. The standard InChI is InChI=1S/C12H15BrFN3/c13-10-8-9(2-3-11(10)14)4-7-17-12-15-5-1-6-16-12/h2-3,8H,1,4-7H2,(H2,15,16,17). The number of benzene rings is 1. The number of nitrogens with one attached hydrogen (secondary N) is 2. The summed E-state index contributed by atoms with van der Waals surface area (Å²) in [5.41, 5.74) is 1.10. The Balaban J connectivity index is 1.81. The minimum Gasteiger partial charge on any atom is -0.356 e. The molecule has 0 aliphatic carbocycles. The third-order valence-electron chi connectivity index (χ3n) is 2.59. The Morgan fingerprint density at radius 3 is 3.06 bits per heavy atom. The van der Waals surface area contributed by atoms with E-state index in [-0.39, 0.29) is 5.82 Å². The average molecular weight is 300 g/mol. The summed E-state index contributed by atoms with van der Waals surface area (Å²) in [6.45, 7) is 2.66. The number of hydrogen-bond acceptors (Lipinski definition) is 3. The molecule has 1 aromatic rings. The van der Waals surface area contributed by atoms with Gasteiger partial charge in [-0.1, -0.05) is 6.07 Å². The van der Waals surface area contributed by atoms with Gasteiger partial charge in [-0.05, 0) is 46.5 Å². The molecule has 0 spiro atoms. The van der Waals surface area contributed by atoms with Gasteiger partial charge in [0.1, 0.15) is 5.82 Å². The molecule has 1 heterocycles. The summed E-state index contributed by atoms with van der Waals surface area (Å²) in [6, 6.07) is 5.10. The van der Waals surface area contributed by atoms with Crippen LogP contribution in [0.15, 0.2) is 27.7 Å². The molecule has 0 saturated carbocycles. The molecule has 0 saturated heterocycles. The zero-order valence-electron chi connectivity index (χ0n) is 9.47. The molecule has 2 rings (SSSR count). The van der Waals surface area contributed by atoms with Crippen LogP contribution in [0.3, 0.4) is 0 Å². The van der Waals surface area contributed by atoms with Crippen LogP contribution in [0.1, 0.15) is 12.0 Å². The van der Waals surface area contributed by atoms with E-state index in [1.54, 1.807) is 6.07 Å². The molecule has 1 aliphatic rings. The molecule has 5 heteroatoms. The predicted molar refractivity (Wildman–Crippen MR) is 70.7 cm³/mol. The summed E-state index contributed by atoms with van der Waals surface area (Å²) < 4.78 is 13.5. The average Bonchev–Trinajstić information content (AvgIpc) is 2.35. The van der Waals surface area contributed by atoms with E-state index in [0.29, 0.717) is 4.47 Å².